The Balaban J connectivity index is 2.31. The van der Waals surface area contributed by atoms with E-state index >= 15 is 0 Å². The molecule has 1 heterocycles. The molecular weight excluding hydrogens is 293 g/mol. The highest BCUT2D eigenvalue weighted by atomic mass is 35.5. The van der Waals surface area contributed by atoms with Crippen LogP contribution >= 0.6 is 23.2 Å². The second-order valence-electron chi connectivity index (χ2n) is 4.61. The largest absolute Gasteiger partial charge is 0.271 e. The molecule has 2 rings (SSSR count). The third-order valence-corrected chi connectivity index (χ3v) is 3.64. The molecular formula is C15H17Cl2N3. The van der Waals surface area contributed by atoms with Gasteiger partial charge in [-0.15, -0.1) is 0 Å². The summed E-state index contributed by atoms with van der Waals surface area (Å²) in [5, 5.41) is 1.01. The number of halogens is 2. The SMILES string of the molecule is CCCc1ccc(C(NN)c2ncc(Cl)cc2Cl)cc1. The molecule has 0 amide bonds. The van der Waals surface area contributed by atoms with E-state index in [0.29, 0.717) is 15.7 Å². The minimum atomic E-state index is -0.254. The van der Waals surface area contributed by atoms with E-state index in [2.05, 4.69) is 29.5 Å². The number of nitrogens with two attached hydrogens (primary N) is 1. The fraction of sp³-hybridized carbons (Fsp3) is 0.267. The van der Waals surface area contributed by atoms with E-state index in [4.69, 9.17) is 29.0 Å². The minimum Gasteiger partial charge on any atom is -0.271 e. The van der Waals surface area contributed by atoms with Gasteiger partial charge in [-0.25, -0.2) is 5.43 Å². The van der Waals surface area contributed by atoms with Crippen LogP contribution in [0.3, 0.4) is 0 Å². The number of nitrogens with zero attached hydrogens (tertiary/aromatic N) is 1. The molecule has 5 heteroatoms. The minimum absolute atomic E-state index is 0.254. The summed E-state index contributed by atoms with van der Waals surface area (Å²) >= 11 is 12.1. The van der Waals surface area contributed by atoms with Crippen LogP contribution in [0, 0.1) is 0 Å². The molecule has 0 aliphatic rings. The number of hydrogen-bond acceptors (Lipinski definition) is 3. The Morgan fingerprint density at radius 2 is 1.95 bits per heavy atom. The summed E-state index contributed by atoms with van der Waals surface area (Å²) in [5.74, 6) is 5.66. The molecule has 1 aromatic heterocycles. The van der Waals surface area contributed by atoms with E-state index in [1.807, 2.05) is 12.1 Å². The molecule has 0 radical (unpaired) electrons. The van der Waals surface area contributed by atoms with Crippen LogP contribution < -0.4 is 11.3 Å². The van der Waals surface area contributed by atoms with Crippen LogP contribution in [0.4, 0.5) is 0 Å². The molecule has 2 aromatic rings. The summed E-state index contributed by atoms with van der Waals surface area (Å²) in [5.41, 5.74) is 5.75. The lowest BCUT2D eigenvalue weighted by Crippen LogP contribution is -2.29. The quantitative estimate of drug-likeness (QED) is 0.650. The second-order valence-corrected chi connectivity index (χ2v) is 5.46. The average Bonchev–Trinajstić information content (AvgIpc) is 2.44. The van der Waals surface area contributed by atoms with Crippen LogP contribution in [0.1, 0.15) is 36.2 Å². The maximum atomic E-state index is 6.19. The van der Waals surface area contributed by atoms with Gasteiger partial charge in [0, 0.05) is 6.20 Å². The molecule has 20 heavy (non-hydrogen) atoms. The first-order valence-corrected chi connectivity index (χ1v) is 7.27. The fourth-order valence-corrected chi connectivity index (χ4v) is 2.63. The van der Waals surface area contributed by atoms with E-state index in [1.54, 1.807) is 12.3 Å². The Labute approximate surface area is 129 Å². The zero-order chi connectivity index (χ0) is 14.5. The van der Waals surface area contributed by atoms with E-state index in [9.17, 15) is 0 Å². The van der Waals surface area contributed by atoms with Gasteiger partial charge in [0.05, 0.1) is 21.8 Å². The first-order valence-electron chi connectivity index (χ1n) is 6.51. The van der Waals surface area contributed by atoms with Gasteiger partial charge in [0.15, 0.2) is 0 Å². The number of pyridine rings is 1. The summed E-state index contributed by atoms with van der Waals surface area (Å²) in [6.45, 7) is 2.16. The third kappa shape index (κ3) is 3.49. The maximum absolute atomic E-state index is 6.19. The summed E-state index contributed by atoms with van der Waals surface area (Å²) in [6.07, 6.45) is 3.77. The summed E-state index contributed by atoms with van der Waals surface area (Å²) in [4.78, 5) is 4.28. The van der Waals surface area contributed by atoms with Crippen LogP contribution in [0.15, 0.2) is 36.5 Å². The first kappa shape index (κ1) is 15.3. The number of rotatable bonds is 5. The highest BCUT2D eigenvalue weighted by molar-refractivity contribution is 6.34. The molecule has 0 saturated heterocycles. The molecule has 3 N–H and O–H groups in total. The fourth-order valence-electron chi connectivity index (χ4n) is 2.14. The van der Waals surface area contributed by atoms with Gasteiger partial charge in [0.2, 0.25) is 0 Å². The molecule has 0 aliphatic carbocycles. The maximum Gasteiger partial charge on any atom is 0.0896 e. The Morgan fingerprint density at radius 3 is 2.50 bits per heavy atom. The van der Waals surface area contributed by atoms with Crippen molar-refractivity contribution < 1.29 is 0 Å². The molecule has 3 nitrogen and oxygen atoms in total. The van der Waals surface area contributed by atoms with Crippen molar-refractivity contribution in [1.29, 1.82) is 0 Å². The predicted molar refractivity (Wildman–Crippen MR) is 83.9 cm³/mol. The van der Waals surface area contributed by atoms with Crippen LogP contribution in [-0.4, -0.2) is 4.98 Å². The van der Waals surface area contributed by atoms with Gasteiger partial charge < -0.3 is 0 Å². The Bertz CT molecular complexity index is 570. The predicted octanol–water partition coefficient (Wildman–Crippen LogP) is 3.89. The van der Waals surface area contributed by atoms with Gasteiger partial charge >= 0.3 is 0 Å². The number of hydrazine groups is 1. The molecule has 106 valence electrons. The van der Waals surface area contributed by atoms with Crippen molar-refractivity contribution in [3.05, 3.63) is 63.4 Å². The lowest BCUT2D eigenvalue weighted by atomic mass is 10.0. The Hall–Kier alpha value is -1.13. The molecule has 1 aromatic carbocycles. The lowest BCUT2D eigenvalue weighted by Gasteiger charge is -2.17. The van der Waals surface area contributed by atoms with E-state index in [1.165, 1.54) is 5.56 Å². The number of aryl methyl sites for hydroxylation is 1. The van der Waals surface area contributed by atoms with E-state index in [-0.39, 0.29) is 6.04 Å². The second kappa shape index (κ2) is 7.04. The van der Waals surface area contributed by atoms with Gasteiger partial charge in [-0.2, -0.15) is 0 Å². The number of nitrogens with one attached hydrogen (secondary N) is 1. The molecule has 0 saturated carbocycles. The van der Waals surface area contributed by atoms with Crippen molar-refractivity contribution in [2.45, 2.75) is 25.8 Å². The van der Waals surface area contributed by atoms with Gasteiger partial charge in [0.25, 0.3) is 0 Å². The molecule has 0 fully saturated rings. The van der Waals surface area contributed by atoms with Crippen molar-refractivity contribution in [3.63, 3.8) is 0 Å². The van der Waals surface area contributed by atoms with Crippen molar-refractivity contribution in [3.8, 4) is 0 Å². The van der Waals surface area contributed by atoms with Crippen LogP contribution in [0.25, 0.3) is 0 Å². The van der Waals surface area contributed by atoms with Crippen molar-refractivity contribution in [2.75, 3.05) is 0 Å². The number of benzene rings is 1. The van der Waals surface area contributed by atoms with E-state index in [0.717, 1.165) is 18.4 Å². The molecule has 0 aliphatic heterocycles. The summed E-state index contributed by atoms with van der Waals surface area (Å²) < 4.78 is 0. The monoisotopic (exact) mass is 309 g/mol. The zero-order valence-electron chi connectivity index (χ0n) is 11.2. The average molecular weight is 310 g/mol. The van der Waals surface area contributed by atoms with Crippen LogP contribution in [0.5, 0.6) is 0 Å². The van der Waals surface area contributed by atoms with Gasteiger partial charge in [-0.05, 0) is 23.6 Å². The summed E-state index contributed by atoms with van der Waals surface area (Å²) in [7, 11) is 0. The first-order chi connectivity index (χ1) is 9.65. The molecule has 1 atom stereocenters. The van der Waals surface area contributed by atoms with Gasteiger partial charge in [-0.1, -0.05) is 60.8 Å². The van der Waals surface area contributed by atoms with E-state index < -0.39 is 0 Å². The van der Waals surface area contributed by atoms with Crippen molar-refractivity contribution in [2.24, 2.45) is 5.84 Å². The normalized spacial score (nSPS) is 12.4. The van der Waals surface area contributed by atoms with Gasteiger partial charge in [-0.3, -0.25) is 10.8 Å². The topological polar surface area (TPSA) is 50.9 Å². The van der Waals surface area contributed by atoms with Crippen LogP contribution in [0.2, 0.25) is 10.0 Å². The van der Waals surface area contributed by atoms with Crippen LogP contribution in [-0.2, 0) is 6.42 Å². The number of hydrogen-bond donors (Lipinski definition) is 2. The summed E-state index contributed by atoms with van der Waals surface area (Å²) in [6, 6.07) is 9.71. The zero-order valence-corrected chi connectivity index (χ0v) is 12.7. The highest BCUT2D eigenvalue weighted by Gasteiger charge is 2.17. The Morgan fingerprint density at radius 1 is 1.25 bits per heavy atom. The third-order valence-electron chi connectivity index (χ3n) is 3.13. The van der Waals surface area contributed by atoms with Gasteiger partial charge in [0.1, 0.15) is 0 Å². The Kier molecular flexibility index (Phi) is 5.38. The molecule has 0 bridgehead atoms. The van der Waals surface area contributed by atoms with Crippen molar-refractivity contribution in [1.82, 2.24) is 10.4 Å². The standard InChI is InChI=1S/C15H17Cl2N3/c1-2-3-10-4-6-11(7-5-10)14(20-18)15-13(17)8-12(16)9-19-15/h4-9,14,20H,2-3,18H2,1H3. The molecule has 0 spiro atoms. The molecule has 1 unspecified atom stereocenters. The van der Waals surface area contributed by atoms with Crippen molar-refractivity contribution >= 4 is 23.2 Å². The smallest absolute Gasteiger partial charge is 0.0896 e. The highest BCUT2D eigenvalue weighted by Crippen LogP contribution is 2.28. The lowest BCUT2D eigenvalue weighted by molar-refractivity contribution is 0.620. The number of aromatic nitrogens is 1.